The molecule has 3 heterocycles. The summed E-state index contributed by atoms with van der Waals surface area (Å²) in [4.78, 5) is 11.3. The molecule has 2 aromatic heterocycles. The Labute approximate surface area is 170 Å². The van der Waals surface area contributed by atoms with Crippen molar-refractivity contribution in [3.63, 3.8) is 0 Å². The van der Waals surface area contributed by atoms with Gasteiger partial charge in [-0.15, -0.1) is 35.3 Å². The highest BCUT2D eigenvalue weighted by molar-refractivity contribution is 14.0. The van der Waals surface area contributed by atoms with Gasteiger partial charge in [0.1, 0.15) is 0 Å². The summed E-state index contributed by atoms with van der Waals surface area (Å²) in [7, 11) is 0. The third-order valence-electron chi connectivity index (χ3n) is 3.90. The molecule has 1 fully saturated rings. The van der Waals surface area contributed by atoms with Crippen molar-refractivity contribution in [2.24, 2.45) is 4.99 Å². The highest BCUT2D eigenvalue weighted by atomic mass is 127. The van der Waals surface area contributed by atoms with E-state index in [1.54, 1.807) is 11.3 Å². The third kappa shape index (κ3) is 5.98. The van der Waals surface area contributed by atoms with Crippen LogP contribution in [0, 0.1) is 0 Å². The number of nitrogens with one attached hydrogen (secondary N) is 2. The fourth-order valence-electron chi connectivity index (χ4n) is 2.87. The maximum absolute atomic E-state index is 12.5. The Morgan fingerprint density at radius 1 is 1.46 bits per heavy atom. The van der Waals surface area contributed by atoms with E-state index >= 15 is 0 Å². The van der Waals surface area contributed by atoms with Crippen LogP contribution in [0.3, 0.4) is 0 Å². The fourth-order valence-corrected chi connectivity index (χ4v) is 3.59. The van der Waals surface area contributed by atoms with Crippen molar-refractivity contribution in [1.29, 1.82) is 0 Å². The number of alkyl halides is 3. The second-order valence-electron chi connectivity index (χ2n) is 6.00. The second-order valence-corrected chi connectivity index (χ2v) is 6.87. The molecule has 0 spiro atoms. The minimum Gasteiger partial charge on any atom is -0.357 e. The van der Waals surface area contributed by atoms with Crippen LogP contribution in [0.25, 0.3) is 4.96 Å². The maximum Gasteiger partial charge on any atom is 0.401 e. The molecule has 1 aliphatic rings. The fraction of sp³-hybridized carbons (Fsp3) is 0.600. The first-order chi connectivity index (χ1) is 11.9. The number of aromatic nitrogens is 2. The van der Waals surface area contributed by atoms with Crippen LogP contribution < -0.4 is 10.6 Å². The minimum absolute atomic E-state index is 0. The molecule has 1 aliphatic heterocycles. The SMILES string of the molecule is CCNC(=NCc1cn2ccsc2n1)NC1CCN(CC(F)(F)F)C1.I. The van der Waals surface area contributed by atoms with E-state index in [0.29, 0.717) is 38.6 Å². The monoisotopic (exact) mass is 502 g/mol. The van der Waals surface area contributed by atoms with Gasteiger partial charge >= 0.3 is 6.18 Å². The molecule has 0 amide bonds. The number of nitrogens with zero attached hydrogens (tertiary/aromatic N) is 4. The molecule has 146 valence electrons. The highest BCUT2D eigenvalue weighted by Gasteiger charge is 2.34. The number of hydrogen-bond acceptors (Lipinski definition) is 4. The van der Waals surface area contributed by atoms with E-state index in [9.17, 15) is 13.2 Å². The Balaban J connectivity index is 0.00000243. The van der Waals surface area contributed by atoms with Gasteiger partial charge in [-0.05, 0) is 13.3 Å². The van der Waals surface area contributed by atoms with Crippen molar-refractivity contribution in [2.45, 2.75) is 32.1 Å². The molecule has 0 bridgehead atoms. The summed E-state index contributed by atoms with van der Waals surface area (Å²) in [5.74, 6) is 0.609. The molecule has 0 aromatic carbocycles. The molecule has 0 saturated carbocycles. The largest absolute Gasteiger partial charge is 0.401 e. The molecule has 2 aromatic rings. The van der Waals surface area contributed by atoms with E-state index in [-0.39, 0.29) is 30.0 Å². The molecule has 0 radical (unpaired) electrons. The highest BCUT2D eigenvalue weighted by Crippen LogP contribution is 2.20. The summed E-state index contributed by atoms with van der Waals surface area (Å²) in [5.41, 5.74) is 0.856. The van der Waals surface area contributed by atoms with Crippen LogP contribution in [0.2, 0.25) is 0 Å². The lowest BCUT2D eigenvalue weighted by atomic mass is 10.3. The van der Waals surface area contributed by atoms with Crippen molar-refractivity contribution >= 4 is 46.2 Å². The van der Waals surface area contributed by atoms with E-state index in [4.69, 9.17) is 0 Å². The lowest BCUT2D eigenvalue weighted by Crippen LogP contribution is -2.45. The predicted octanol–water partition coefficient (Wildman–Crippen LogP) is 2.71. The van der Waals surface area contributed by atoms with Crippen LogP contribution >= 0.6 is 35.3 Å². The van der Waals surface area contributed by atoms with Crippen molar-refractivity contribution < 1.29 is 13.2 Å². The van der Waals surface area contributed by atoms with Gasteiger partial charge in [0.05, 0.1) is 18.8 Å². The number of guanidine groups is 1. The van der Waals surface area contributed by atoms with E-state index in [1.165, 1.54) is 4.90 Å². The molecular formula is C15H22F3IN6S. The predicted molar refractivity (Wildman–Crippen MR) is 107 cm³/mol. The Morgan fingerprint density at radius 2 is 2.27 bits per heavy atom. The normalized spacial score (nSPS) is 18.9. The van der Waals surface area contributed by atoms with Crippen LogP contribution in [-0.4, -0.2) is 58.6 Å². The molecule has 6 nitrogen and oxygen atoms in total. The van der Waals surface area contributed by atoms with Crippen molar-refractivity contribution in [3.8, 4) is 0 Å². The topological polar surface area (TPSA) is 57.0 Å². The summed E-state index contributed by atoms with van der Waals surface area (Å²) in [5, 5.41) is 8.33. The summed E-state index contributed by atoms with van der Waals surface area (Å²) in [6.07, 6.45) is 0.388. The van der Waals surface area contributed by atoms with Crippen molar-refractivity contribution in [3.05, 3.63) is 23.5 Å². The van der Waals surface area contributed by atoms with Crippen LogP contribution in [-0.2, 0) is 6.54 Å². The lowest BCUT2D eigenvalue weighted by Gasteiger charge is -2.19. The zero-order valence-electron chi connectivity index (χ0n) is 14.3. The number of fused-ring (bicyclic) bond motifs is 1. The van der Waals surface area contributed by atoms with Crippen LogP contribution in [0.1, 0.15) is 19.0 Å². The van der Waals surface area contributed by atoms with Gasteiger partial charge in [-0.25, -0.2) is 9.98 Å². The maximum atomic E-state index is 12.5. The summed E-state index contributed by atoms with van der Waals surface area (Å²) < 4.78 is 39.4. The van der Waals surface area contributed by atoms with Crippen LogP contribution in [0.5, 0.6) is 0 Å². The molecule has 11 heteroatoms. The number of rotatable bonds is 5. The first-order valence-corrected chi connectivity index (χ1v) is 9.06. The third-order valence-corrected chi connectivity index (χ3v) is 4.67. The summed E-state index contributed by atoms with van der Waals surface area (Å²) >= 11 is 1.56. The van der Waals surface area contributed by atoms with Crippen LogP contribution in [0.4, 0.5) is 13.2 Å². The number of halogens is 4. The Morgan fingerprint density at radius 3 is 2.96 bits per heavy atom. The van der Waals surface area contributed by atoms with Gasteiger partial charge in [-0.2, -0.15) is 13.2 Å². The number of imidazole rings is 1. The van der Waals surface area contributed by atoms with Crippen molar-refractivity contribution in [1.82, 2.24) is 24.9 Å². The van der Waals surface area contributed by atoms with Gasteiger partial charge < -0.3 is 10.6 Å². The molecule has 26 heavy (non-hydrogen) atoms. The summed E-state index contributed by atoms with van der Waals surface area (Å²) in [6, 6.07) is -0.0364. The molecule has 2 N–H and O–H groups in total. The number of likely N-dealkylation sites (tertiary alicyclic amines) is 1. The minimum atomic E-state index is -4.15. The van der Waals surface area contributed by atoms with Gasteiger partial charge in [-0.1, -0.05) is 0 Å². The molecule has 1 unspecified atom stereocenters. The average molecular weight is 502 g/mol. The Kier molecular flexibility index (Phi) is 7.52. The average Bonchev–Trinajstić information content (AvgIpc) is 3.19. The molecular weight excluding hydrogens is 480 g/mol. The van der Waals surface area contributed by atoms with E-state index in [1.807, 2.05) is 29.1 Å². The molecule has 3 rings (SSSR count). The lowest BCUT2D eigenvalue weighted by molar-refractivity contribution is -0.143. The van der Waals surface area contributed by atoms with Gasteiger partial charge in [0.15, 0.2) is 10.9 Å². The van der Waals surface area contributed by atoms with E-state index in [2.05, 4.69) is 20.6 Å². The Hall–Kier alpha value is -1.08. The van der Waals surface area contributed by atoms with Gasteiger partial charge in [0.25, 0.3) is 0 Å². The zero-order chi connectivity index (χ0) is 17.9. The Bertz CT molecular complexity index is 700. The van der Waals surface area contributed by atoms with E-state index < -0.39 is 12.7 Å². The smallest absolute Gasteiger partial charge is 0.357 e. The van der Waals surface area contributed by atoms with Gasteiger partial charge in [-0.3, -0.25) is 9.30 Å². The van der Waals surface area contributed by atoms with E-state index in [0.717, 1.165) is 10.7 Å². The van der Waals surface area contributed by atoms with Crippen molar-refractivity contribution in [2.75, 3.05) is 26.2 Å². The number of aliphatic imine (C=N–C) groups is 1. The summed E-state index contributed by atoms with van der Waals surface area (Å²) in [6.45, 7) is 3.00. The first-order valence-electron chi connectivity index (χ1n) is 8.18. The van der Waals surface area contributed by atoms with Crippen LogP contribution in [0.15, 0.2) is 22.8 Å². The number of hydrogen-bond donors (Lipinski definition) is 2. The molecule has 0 aliphatic carbocycles. The second kappa shape index (κ2) is 9.22. The van der Waals surface area contributed by atoms with Gasteiger partial charge in [0.2, 0.25) is 0 Å². The molecule has 1 saturated heterocycles. The number of thiazole rings is 1. The molecule has 1 atom stereocenters. The van der Waals surface area contributed by atoms with Gasteiger partial charge in [0, 0.05) is 43.4 Å². The first kappa shape index (κ1) is 21.2. The zero-order valence-corrected chi connectivity index (χ0v) is 17.4. The quantitative estimate of drug-likeness (QED) is 0.375. The standard InChI is InChI=1S/C15H21F3N6S.HI/c1-2-19-13(20-7-12-9-24-5-6-25-14(24)22-12)21-11-3-4-23(8-11)10-15(16,17)18;/h5-6,9,11H,2-4,7-8,10H2,1H3,(H2,19,20,21);1H.